The van der Waals surface area contributed by atoms with E-state index in [9.17, 15) is 14.4 Å². The third-order valence-corrected chi connectivity index (χ3v) is 3.34. The maximum atomic E-state index is 11.8. The number of hydrogen-bond acceptors (Lipinski definition) is 4. The standard InChI is InChI=1S/C12H17N3O3/c1-8-9(2)12(18)15(11(8)17)7-10(16)14(3)6-4-5-13/h8-9H,4,6-7H2,1-3H3. The highest BCUT2D eigenvalue weighted by molar-refractivity contribution is 6.06. The molecule has 0 spiro atoms. The van der Waals surface area contributed by atoms with Gasteiger partial charge in [-0.25, -0.2) is 0 Å². The van der Waals surface area contributed by atoms with Crippen LogP contribution >= 0.6 is 0 Å². The zero-order chi connectivity index (χ0) is 13.9. The van der Waals surface area contributed by atoms with Gasteiger partial charge in [-0.3, -0.25) is 19.3 Å². The molecule has 1 heterocycles. The van der Waals surface area contributed by atoms with E-state index in [4.69, 9.17) is 5.26 Å². The zero-order valence-corrected chi connectivity index (χ0v) is 10.8. The van der Waals surface area contributed by atoms with Crippen molar-refractivity contribution < 1.29 is 14.4 Å². The van der Waals surface area contributed by atoms with Gasteiger partial charge in [-0.15, -0.1) is 0 Å². The summed E-state index contributed by atoms with van der Waals surface area (Å²) in [6.45, 7) is 3.45. The molecule has 2 atom stereocenters. The van der Waals surface area contributed by atoms with Crippen LogP contribution in [0.3, 0.4) is 0 Å². The van der Waals surface area contributed by atoms with Gasteiger partial charge in [-0.05, 0) is 0 Å². The first kappa shape index (κ1) is 14.2. The quantitative estimate of drug-likeness (QED) is 0.658. The molecular weight excluding hydrogens is 234 g/mol. The summed E-state index contributed by atoms with van der Waals surface area (Å²) in [5.74, 6) is -1.65. The molecule has 3 amide bonds. The molecule has 0 saturated carbocycles. The van der Waals surface area contributed by atoms with Crippen LogP contribution in [0.1, 0.15) is 20.3 Å². The SMILES string of the molecule is CC1C(=O)N(CC(=O)N(C)CCC#N)C(=O)C1C. The van der Waals surface area contributed by atoms with E-state index in [1.54, 1.807) is 20.9 Å². The molecule has 0 aromatic rings. The Hall–Kier alpha value is -1.90. The Morgan fingerprint density at radius 1 is 1.33 bits per heavy atom. The number of carbonyl (C=O) groups excluding carboxylic acids is 3. The van der Waals surface area contributed by atoms with E-state index in [-0.39, 0.29) is 42.5 Å². The molecule has 1 rings (SSSR count). The lowest BCUT2D eigenvalue weighted by Crippen LogP contribution is -2.41. The number of likely N-dealkylation sites (tertiary alicyclic amines) is 1. The van der Waals surface area contributed by atoms with Crippen molar-refractivity contribution in [2.24, 2.45) is 11.8 Å². The lowest BCUT2D eigenvalue weighted by molar-refractivity contribution is -0.146. The van der Waals surface area contributed by atoms with Gasteiger partial charge >= 0.3 is 0 Å². The van der Waals surface area contributed by atoms with E-state index in [2.05, 4.69) is 0 Å². The van der Waals surface area contributed by atoms with E-state index >= 15 is 0 Å². The molecule has 1 aliphatic heterocycles. The van der Waals surface area contributed by atoms with Gasteiger partial charge in [0.15, 0.2) is 0 Å². The summed E-state index contributed by atoms with van der Waals surface area (Å²) in [6, 6.07) is 1.94. The highest BCUT2D eigenvalue weighted by Gasteiger charge is 2.43. The van der Waals surface area contributed by atoms with Crippen LogP contribution < -0.4 is 0 Å². The smallest absolute Gasteiger partial charge is 0.242 e. The molecule has 1 fully saturated rings. The van der Waals surface area contributed by atoms with E-state index in [0.717, 1.165) is 4.90 Å². The van der Waals surface area contributed by atoms with Crippen molar-refractivity contribution in [3.8, 4) is 6.07 Å². The minimum Gasteiger partial charge on any atom is -0.343 e. The summed E-state index contributed by atoms with van der Waals surface area (Å²) >= 11 is 0. The second-order valence-electron chi connectivity index (χ2n) is 4.56. The Morgan fingerprint density at radius 3 is 2.28 bits per heavy atom. The summed E-state index contributed by atoms with van der Waals surface area (Å²) < 4.78 is 0. The summed E-state index contributed by atoms with van der Waals surface area (Å²) in [5.41, 5.74) is 0. The number of nitriles is 1. The monoisotopic (exact) mass is 251 g/mol. The van der Waals surface area contributed by atoms with Gasteiger partial charge in [0.1, 0.15) is 6.54 Å². The molecule has 0 aromatic carbocycles. The normalized spacial score (nSPS) is 23.1. The summed E-state index contributed by atoms with van der Waals surface area (Å²) in [6.07, 6.45) is 0.233. The van der Waals surface area contributed by atoms with Crippen LogP contribution in [0.25, 0.3) is 0 Å². The number of amides is 3. The van der Waals surface area contributed by atoms with Crippen molar-refractivity contribution in [2.75, 3.05) is 20.1 Å². The van der Waals surface area contributed by atoms with Gasteiger partial charge in [0.05, 0.1) is 12.5 Å². The second kappa shape index (κ2) is 5.63. The predicted molar refractivity (Wildman–Crippen MR) is 62.9 cm³/mol. The van der Waals surface area contributed by atoms with Gasteiger partial charge in [-0.2, -0.15) is 5.26 Å². The molecule has 2 unspecified atom stereocenters. The molecule has 98 valence electrons. The number of nitrogens with zero attached hydrogens (tertiary/aromatic N) is 3. The molecule has 0 aromatic heterocycles. The van der Waals surface area contributed by atoms with E-state index in [1.165, 1.54) is 4.90 Å². The first-order valence-electron chi connectivity index (χ1n) is 5.86. The lowest BCUT2D eigenvalue weighted by atomic mass is 10.00. The maximum absolute atomic E-state index is 11.8. The van der Waals surface area contributed by atoms with Crippen LogP contribution in [0.4, 0.5) is 0 Å². The van der Waals surface area contributed by atoms with Crippen LogP contribution in [-0.4, -0.2) is 47.7 Å². The maximum Gasteiger partial charge on any atom is 0.242 e. The number of carbonyl (C=O) groups is 3. The fourth-order valence-electron chi connectivity index (χ4n) is 1.78. The Morgan fingerprint density at radius 2 is 1.83 bits per heavy atom. The average Bonchev–Trinajstić information content (AvgIpc) is 2.53. The Labute approximate surface area is 106 Å². The summed E-state index contributed by atoms with van der Waals surface area (Å²) in [5, 5.41) is 8.43. The van der Waals surface area contributed by atoms with Crippen LogP contribution in [-0.2, 0) is 14.4 Å². The minimum atomic E-state index is -0.366. The van der Waals surface area contributed by atoms with Crippen LogP contribution in [0.5, 0.6) is 0 Å². The van der Waals surface area contributed by atoms with Gasteiger partial charge in [0.25, 0.3) is 0 Å². The molecule has 1 saturated heterocycles. The second-order valence-corrected chi connectivity index (χ2v) is 4.56. The largest absolute Gasteiger partial charge is 0.343 e. The van der Waals surface area contributed by atoms with Crippen LogP contribution in [0.15, 0.2) is 0 Å². The fraction of sp³-hybridized carbons (Fsp3) is 0.667. The topological polar surface area (TPSA) is 81.5 Å². The lowest BCUT2D eigenvalue weighted by Gasteiger charge is -2.19. The van der Waals surface area contributed by atoms with Gasteiger partial charge < -0.3 is 4.90 Å². The van der Waals surface area contributed by atoms with E-state index < -0.39 is 0 Å². The molecule has 0 bridgehead atoms. The third kappa shape index (κ3) is 2.67. The number of hydrogen-bond donors (Lipinski definition) is 0. The molecule has 0 N–H and O–H groups in total. The van der Waals surface area contributed by atoms with Crippen molar-refractivity contribution in [1.29, 1.82) is 5.26 Å². The third-order valence-electron chi connectivity index (χ3n) is 3.34. The van der Waals surface area contributed by atoms with Crippen LogP contribution in [0.2, 0.25) is 0 Å². The highest BCUT2D eigenvalue weighted by Crippen LogP contribution is 2.24. The van der Waals surface area contributed by atoms with Crippen molar-refractivity contribution >= 4 is 17.7 Å². The molecule has 0 aliphatic carbocycles. The first-order valence-corrected chi connectivity index (χ1v) is 5.86. The number of likely N-dealkylation sites (N-methyl/N-ethyl adjacent to an activating group) is 1. The summed E-state index contributed by atoms with van der Waals surface area (Å²) in [4.78, 5) is 37.7. The highest BCUT2D eigenvalue weighted by atomic mass is 16.2. The molecular formula is C12H17N3O3. The minimum absolute atomic E-state index is 0.228. The van der Waals surface area contributed by atoms with Crippen molar-refractivity contribution in [1.82, 2.24) is 9.80 Å². The molecule has 0 radical (unpaired) electrons. The fourth-order valence-corrected chi connectivity index (χ4v) is 1.78. The molecule has 1 aliphatic rings. The Bertz CT molecular complexity index is 393. The first-order chi connectivity index (χ1) is 8.40. The van der Waals surface area contributed by atoms with Crippen molar-refractivity contribution in [3.63, 3.8) is 0 Å². The van der Waals surface area contributed by atoms with E-state index in [0.29, 0.717) is 6.54 Å². The average molecular weight is 251 g/mol. The molecule has 18 heavy (non-hydrogen) atoms. The number of rotatable bonds is 4. The Kier molecular flexibility index (Phi) is 4.43. The number of imide groups is 1. The molecule has 6 heteroatoms. The van der Waals surface area contributed by atoms with Gasteiger partial charge in [-0.1, -0.05) is 13.8 Å². The van der Waals surface area contributed by atoms with Crippen molar-refractivity contribution in [2.45, 2.75) is 20.3 Å². The van der Waals surface area contributed by atoms with Gasteiger partial charge in [0, 0.05) is 25.4 Å². The van der Waals surface area contributed by atoms with E-state index in [1.807, 2.05) is 6.07 Å². The van der Waals surface area contributed by atoms with Crippen LogP contribution in [0, 0.1) is 23.2 Å². The summed E-state index contributed by atoms with van der Waals surface area (Å²) in [7, 11) is 1.55. The van der Waals surface area contributed by atoms with Crippen molar-refractivity contribution in [3.05, 3.63) is 0 Å². The Balaban J connectivity index is 2.63. The predicted octanol–water partition coefficient (Wildman–Crippen LogP) is -0.000520. The zero-order valence-electron chi connectivity index (χ0n) is 10.8. The molecule has 6 nitrogen and oxygen atoms in total. The van der Waals surface area contributed by atoms with Gasteiger partial charge in [0.2, 0.25) is 17.7 Å².